The van der Waals surface area contributed by atoms with Crippen molar-refractivity contribution in [3.63, 3.8) is 0 Å². The van der Waals surface area contributed by atoms with Crippen molar-refractivity contribution in [3.05, 3.63) is 41.5 Å². The van der Waals surface area contributed by atoms with Gasteiger partial charge in [0.25, 0.3) is 0 Å². The zero-order chi connectivity index (χ0) is 20.3. The molecule has 0 fully saturated rings. The number of carboxylic acids is 1. The molecule has 2 aliphatic rings. The third-order valence-corrected chi connectivity index (χ3v) is 5.43. The van der Waals surface area contributed by atoms with Gasteiger partial charge in [0, 0.05) is 31.2 Å². The third kappa shape index (κ3) is 3.77. The van der Waals surface area contributed by atoms with Crippen molar-refractivity contribution in [2.75, 3.05) is 20.3 Å². The molecule has 7 nitrogen and oxygen atoms in total. The van der Waals surface area contributed by atoms with Crippen LogP contribution in [0.15, 0.2) is 35.9 Å². The fourth-order valence-corrected chi connectivity index (χ4v) is 4.01. The van der Waals surface area contributed by atoms with Crippen molar-refractivity contribution in [3.8, 4) is 5.75 Å². The highest BCUT2D eigenvalue weighted by Gasteiger charge is 2.50. The first kappa shape index (κ1) is 20.4. The van der Waals surface area contributed by atoms with E-state index < -0.39 is 30.1 Å². The molecule has 1 aliphatic heterocycles. The molecule has 1 aliphatic carbocycles. The van der Waals surface area contributed by atoms with Crippen LogP contribution in [0.1, 0.15) is 37.7 Å². The number of rotatable bonds is 8. The Labute approximate surface area is 164 Å². The van der Waals surface area contributed by atoms with E-state index in [9.17, 15) is 19.8 Å². The monoisotopic (exact) mass is 389 g/mol. The minimum atomic E-state index is -1.07. The molecule has 152 valence electrons. The van der Waals surface area contributed by atoms with E-state index in [0.717, 1.165) is 18.4 Å². The molecule has 0 unspecified atom stereocenters. The number of para-hydroxylation sites is 1. The quantitative estimate of drug-likeness (QED) is 0.706. The van der Waals surface area contributed by atoms with Gasteiger partial charge in [0.15, 0.2) is 0 Å². The largest absolute Gasteiger partial charge is 0.486 e. The normalized spacial score (nSPS) is 25.3. The van der Waals surface area contributed by atoms with Crippen LogP contribution < -0.4 is 4.74 Å². The number of ether oxygens (including phenoxy) is 2. The minimum Gasteiger partial charge on any atom is -0.486 e. The average Bonchev–Trinajstić information content (AvgIpc) is 3.08. The highest BCUT2D eigenvalue weighted by atomic mass is 16.5. The summed E-state index contributed by atoms with van der Waals surface area (Å²) >= 11 is 0. The van der Waals surface area contributed by atoms with Crippen molar-refractivity contribution in [2.24, 2.45) is 0 Å². The topological polar surface area (TPSA) is 96.3 Å². The second-order valence-corrected chi connectivity index (χ2v) is 7.19. The van der Waals surface area contributed by atoms with Crippen LogP contribution in [0.3, 0.4) is 0 Å². The number of hydrogen-bond donors (Lipinski definition) is 2. The molecule has 1 aromatic carbocycles. The molecule has 1 aromatic rings. The Morgan fingerprint density at radius 3 is 2.71 bits per heavy atom. The number of carbonyl (C=O) groups excluding carboxylic acids is 1. The van der Waals surface area contributed by atoms with Crippen LogP contribution >= 0.6 is 0 Å². The summed E-state index contributed by atoms with van der Waals surface area (Å²) in [4.78, 5) is 26.3. The van der Waals surface area contributed by atoms with Crippen LogP contribution in [0.5, 0.6) is 5.75 Å². The van der Waals surface area contributed by atoms with Gasteiger partial charge in [-0.3, -0.25) is 4.79 Å². The molecule has 0 spiro atoms. The summed E-state index contributed by atoms with van der Waals surface area (Å²) in [6.45, 7) is 2.57. The second kappa shape index (κ2) is 8.75. The van der Waals surface area contributed by atoms with E-state index in [0.29, 0.717) is 18.8 Å². The Morgan fingerprint density at radius 2 is 2.04 bits per heavy atom. The van der Waals surface area contributed by atoms with Gasteiger partial charge in [0.1, 0.15) is 18.0 Å². The molecule has 7 heteroatoms. The molecular formula is C21H27NO6. The van der Waals surface area contributed by atoms with Crippen molar-refractivity contribution >= 4 is 11.9 Å². The number of aliphatic hydroxyl groups is 1. The number of unbranched alkanes of at least 4 members (excludes halogenated alkanes) is 1. The molecule has 4 atom stereocenters. The predicted molar refractivity (Wildman–Crippen MR) is 102 cm³/mol. The van der Waals surface area contributed by atoms with Crippen LogP contribution in [0, 0.1) is 0 Å². The van der Waals surface area contributed by atoms with Crippen molar-refractivity contribution in [2.45, 2.75) is 50.4 Å². The summed E-state index contributed by atoms with van der Waals surface area (Å²) < 4.78 is 11.0. The molecule has 2 N–H and O–H groups in total. The number of nitrogens with zero attached hydrogens (tertiary/aromatic N) is 1. The first-order chi connectivity index (χ1) is 13.5. The standard InChI is InChI=1S/C21H27NO6/c1-3-4-9-17(23)22(10-11-27-2)15-12-14(21(25)26)18-13-7-5-6-8-16(13)28-20(18)19(15)24/h5-8,12,15,18-20,24H,3-4,9-11H2,1-2H3,(H,25,26)/t15-,18+,19+,20+/m1/s1. The van der Waals surface area contributed by atoms with Gasteiger partial charge in [0.05, 0.1) is 18.6 Å². The molecular weight excluding hydrogens is 362 g/mol. The molecule has 1 heterocycles. The SMILES string of the molecule is CCCCC(=O)N(CCOC)[C@@H]1C=C(C(=O)O)[C@@H]2c3ccccc3O[C@@H]2[C@H]1O. The lowest BCUT2D eigenvalue weighted by Gasteiger charge is -2.40. The van der Waals surface area contributed by atoms with E-state index in [1.54, 1.807) is 6.07 Å². The Hall–Kier alpha value is -2.38. The smallest absolute Gasteiger partial charge is 0.332 e. The molecule has 0 bridgehead atoms. The Morgan fingerprint density at radius 1 is 1.29 bits per heavy atom. The number of aliphatic hydroxyl groups excluding tert-OH is 1. The molecule has 0 radical (unpaired) electrons. The summed E-state index contributed by atoms with van der Waals surface area (Å²) in [5, 5.41) is 20.9. The van der Waals surface area contributed by atoms with Gasteiger partial charge >= 0.3 is 5.97 Å². The molecule has 1 amide bonds. The number of methoxy groups -OCH3 is 1. The second-order valence-electron chi connectivity index (χ2n) is 7.19. The Bertz CT molecular complexity index is 761. The van der Waals surface area contributed by atoms with Crippen LogP contribution in [-0.4, -0.2) is 65.5 Å². The molecule has 0 saturated heterocycles. The van der Waals surface area contributed by atoms with Crippen molar-refractivity contribution in [1.82, 2.24) is 4.90 Å². The van der Waals surface area contributed by atoms with Gasteiger partial charge in [-0.05, 0) is 18.6 Å². The van der Waals surface area contributed by atoms with Gasteiger partial charge < -0.3 is 24.6 Å². The highest BCUT2D eigenvalue weighted by Crippen LogP contribution is 2.47. The van der Waals surface area contributed by atoms with Crippen molar-refractivity contribution in [1.29, 1.82) is 0 Å². The Kier molecular flexibility index (Phi) is 6.36. The lowest BCUT2D eigenvalue weighted by molar-refractivity contribution is -0.139. The summed E-state index contributed by atoms with van der Waals surface area (Å²) in [6.07, 6.45) is 1.67. The number of hydrogen-bond acceptors (Lipinski definition) is 5. The number of carboxylic acid groups (broad SMARTS) is 1. The molecule has 28 heavy (non-hydrogen) atoms. The van der Waals surface area contributed by atoms with Crippen molar-refractivity contribution < 1.29 is 29.3 Å². The van der Waals surface area contributed by atoms with Crippen LogP contribution in [0.25, 0.3) is 0 Å². The van der Waals surface area contributed by atoms with E-state index >= 15 is 0 Å². The van der Waals surface area contributed by atoms with Crippen LogP contribution in [0.2, 0.25) is 0 Å². The summed E-state index contributed by atoms with van der Waals surface area (Å²) in [5.74, 6) is -1.18. The summed E-state index contributed by atoms with van der Waals surface area (Å²) in [6, 6.07) is 6.44. The summed E-state index contributed by atoms with van der Waals surface area (Å²) in [5.41, 5.74) is 0.898. The average molecular weight is 389 g/mol. The first-order valence-electron chi connectivity index (χ1n) is 9.66. The number of amides is 1. The van der Waals surface area contributed by atoms with E-state index in [2.05, 4.69) is 0 Å². The van der Waals surface area contributed by atoms with Crippen LogP contribution in [0.4, 0.5) is 0 Å². The molecule has 3 rings (SSSR count). The first-order valence-corrected chi connectivity index (χ1v) is 9.66. The molecule has 0 aromatic heterocycles. The Balaban J connectivity index is 1.97. The predicted octanol–water partition coefficient (Wildman–Crippen LogP) is 1.95. The molecule has 0 saturated carbocycles. The summed E-state index contributed by atoms with van der Waals surface area (Å²) in [7, 11) is 1.54. The van der Waals surface area contributed by atoms with Gasteiger partial charge in [-0.25, -0.2) is 4.79 Å². The fraction of sp³-hybridized carbons (Fsp3) is 0.524. The third-order valence-electron chi connectivity index (χ3n) is 5.43. The number of aliphatic carboxylic acids is 1. The number of carbonyl (C=O) groups is 2. The maximum Gasteiger partial charge on any atom is 0.332 e. The lowest BCUT2D eigenvalue weighted by Crippen LogP contribution is -2.55. The van der Waals surface area contributed by atoms with Gasteiger partial charge in [0.2, 0.25) is 5.91 Å². The van der Waals surface area contributed by atoms with E-state index in [1.807, 2.05) is 25.1 Å². The number of benzene rings is 1. The van der Waals surface area contributed by atoms with Gasteiger partial charge in [-0.2, -0.15) is 0 Å². The zero-order valence-corrected chi connectivity index (χ0v) is 16.2. The van der Waals surface area contributed by atoms with E-state index in [4.69, 9.17) is 9.47 Å². The zero-order valence-electron chi connectivity index (χ0n) is 16.2. The van der Waals surface area contributed by atoms with E-state index in [1.165, 1.54) is 18.1 Å². The number of fused-ring (bicyclic) bond motifs is 3. The van der Waals surface area contributed by atoms with Gasteiger partial charge in [-0.1, -0.05) is 31.5 Å². The fourth-order valence-electron chi connectivity index (χ4n) is 4.01. The van der Waals surface area contributed by atoms with E-state index in [-0.39, 0.29) is 18.0 Å². The maximum atomic E-state index is 12.8. The minimum absolute atomic E-state index is 0.127. The lowest BCUT2D eigenvalue weighted by atomic mass is 9.78. The highest BCUT2D eigenvalue weighted by molar-refractivity contribution is 5.90. The maximum absolute atomic E-state index is 12.8. The van der Waals surface area contributed by atoms with Crippen LogP contribution in [-0.2, 0) is 14.3 Å². The van der Waals surface area contributed by atoms with Gasteiger partial charge in [-0.15, -0.1) is 0 Å².